The first-order valence-electron chi connectivity index (χ1n) is 10.8. The first-order valence-corrected chi connectivity index (χ1v) is 10.8. The van der Waals surface area contributed by atoms with Crippen LogP contribution in [0.25, 0.3) is 0 Å². The van der Waals surface area contributed by atoms with Crippen molar-refractivity contribution in [3.8, 4) is 0 Å². The fourth-order valence-corrected chi connectivity index (χ4v) is 5.12. The topological polar surface area (TPSA) is 55.8 Å². The normalized spacial score (nSPS) is 26.6. The number of anilines is 1. The predicted octanol–water partition coefficient (Wildman–Crippen LogP) is 3.51. The van der Waals surface area contributed by atoms with Crippen molar-refractivity contribution in [3.05, 3.63) is 29.8 Å². The van der Waals surface area contributed by atoms with Crippen LogP contribution in [-0.2, 0) is 6.54 Å². The molecule has 5 nitrogen and oxygen atoms in total. The molecule has 2 atom stereocenters. The van der Waals surface area contributed by atoms with Gasteiger partial charge in [0.2, 0.25) is 0 Å². The summed E-state index contributed by atoms with van der Waals surface area (Å²) >= 11 is 0. The van der Waals surface area contributed by atoms with Crippen LogP contribution in [0.15, 0.2) is 24.3 Å². The van der Waals surface area contributed by atoms with Crippen molar-refractivity contribution in [1.29, 1.82) is 0 Å². The summed E-state index contributed by atoms with van der Waals surface area (Å²) in [5, 5.41) is 13.2. The van der Waals surface area contributed by atoms with Crippen LogP contribution in [0.1, 0.15) is 56.9 Å². The molecule has 0 spiro atoms. The third kappa shape index (κ3) is 4.40. The highest BCUT2D eigenvalue weighted by Gasteiger charge is 2.39. The first-order chi connectivity index (χ1) is 13.2. The van der Waals surface area contributed by atoms with E-state index in [1.807, 2.05) is 4.90 Å². The second kappa shape index (κ2) is 8.51. The lowest BCUT2D eigenvalue weighted by molar-refractivity contribution is 0.153. The van der Waals surface area contributed by atoms with Gasteiger partial charge in [0, 0.05) is 37.9 Å². The van der Waals surface area contributed by atoms with Crippen molar-refractivity contribution >= 4 is 11.7 Å². The van der Waals surface area contributed by atoms with Gasteiger partial charge in [-0.05, 0) is 55.7 Å². The number of hydrogen-bond donors (Lipinski definition) is 2. The van der Waals surface area contributed by atoms with E-state index in [1.54, 1.807) is 0 Å². The summed E-state index contributed by atoms with van der Waals surface area (Å²) in [5.74, 6) is 0.557. The second-order valence-electron chi connectivity index (χ2n) is 8.53. The van der Waals surface area contributed by atoms with Crippen LogP contribution >= 0.6 is 0 Å². The predicted molar refractivity (Wildman–Crippen MR) is 108 cm³/mol. The number of nitrogens with one attached hydrogen (secondary N) is 1. The van der Waals surface area contributed by atoms with E-state index in [0.717, 1.165) is 25.1 Å². The summed E-state index contributed by atoms with van der Waals surface area (Å²) in [4.78, 5) is 17.1. The maximum absolute atomic E-state index is 12.8. The van der Waals surface area contributed by atoms with Gasteiger partial charge in [0.15, 0.2) is 0 Å². The number of carbonyl (C=O) groups excluding carboxylic acids is 1. The summed E-state index contributed by atoms with van der Waals surface area (Å²) in [7, 11) is 0. The fourth-order valence-electron chi connectivity index (χ4n) is 5.12. The number of aliphatic hydroxyl groups excluding tert-OH is 1. The van der Waals surface area contributed by atoms with Crippen molar-refractivity contribution in [2.24, 2.45) is 5.92 Å². The maximum atomic E-state index is 12.8. The monoisotopic (exact) mass is 371 g/mol. The molecule has 1 aromatic carbocycles. The van der Waals surface area contributed by atoms with Crippen molar-refractivity contribution in [1.82, 2.24) is 10.2 Å². The molecule has 3 aliphatic rings. The van der Waals surface area contributed by atoms with E-state index in [0.29, 0.717) is 19.0 Å². The molecule has 148 valence electrons. The number of amides is 2. The number of benzene rings is 1. The van der Waals surface area contributed by atoms with Gasteiger partial charge < -0.3 is 20.2 Å². The standard InChI is InChI=1S/C22H33N3O2/c26-20-14-21(18-6-2-1-3-7-18)25(16-20)22(27)23-15-17-8-10-19(11-9-17)24-12-4-5-13-24/h8-11,18,20-21,26H,1-7,12-16H2,(H,23,27). The van der Waals surface area contributed by atoms with Crippen LogP contribution in [0.2, 0.25) is 0 Å². The molecule has 2 saturated heterocycles. The number of likely N-dealkylation sites (tertiary alicyclic amines) is 1. The Morgan fingerprint density at radius 3 is 2.44 bits per heavy atom. The minimum Gasteiger partial charge on any atom is -0.391 e. The number of hydrogen-bond acceptors (Lipinski definition) is 3. The number of nitrogens with zero attached hydrogens (tertiary/aromatic N) is 2. The van der Waals surface area contributed by atoms with E-state index in [2.05, 4.69) is 34.5 Å². The zero-order chi connectivity index (χ0) is 18.6. The molecule has 1 aromatic rings. The minimum atomic E-state index is -0.373. The lowest BCUT2D eigenvalue weighted by atomic mass is 9.83. The van der Waals surface area contributed by atoms with Crippen LogP contribution in [0.4, 0.5) is 10.5 Å². The molecule has 0 aromatic heterocycles. The molecule has 2 N–H and O–H groups in total. The summed E-state index contributed by atoms with van der Waals surface area (Å²) in [6.07, 6.45) is 9.14. The Kier molecular flexibility index (Phi) is 5.86. The van der Waals surface area contributed by atoms with Crippen LogP contribution in [0.5, 0.6) is 0 Å². The lowest BCUT2D eigenvalue weighted by Gasteiger charge is -2.33. The van der Waals surface area contributed by atoms with Gasteiger partial charge in [-0.1, -0.05) is 31.4 Å². The summed E-state index contributed by atoms with van der Waals surface area (Å²) < 4.78 is 0. The van der Waals surface area contributed by atoms with Crippen molar-refractivity contribution < 1.29 is 9.90 Å². The van der Waals surface area contributed by atoms with E-state index in [4.69, 9.17) is 0 Å². The molecule has 0 bridgehead atoms. The van der Waals surface area contributed by atoms with E-state index < -0.39 is 0 Å². The van der Waals surface area contributed by atoms with Crippen LogP contribution in [0, 0.1) is 5.92 Å². The Balaban J connectivity index is 1.32. The zero-order valence-corrected chi connectivity index (χ0v) is 16.3. The van der Waals surface area contributed by atoms with E-state index in [1.165, 1.54) is 50.6 Å². The summed E-state index contributed by atoms with van der Waals surface area (Å²) in [6.45, 7) is 3.32. The highest BCUT2D eigenvalue weighted by Crippen LogP contribution is 2.34. The van der Waals surface area contributed by atoms with Gasteiger partial charge in [0.1, 0.15) is 0 Å². The van der Waals surface area contributed by atoms with E-state index >= 15 is 0 Å². The molecule has 4 rings (SSSR count). The fraction of sp³-hybridized carbons (Fsp3) is 0.682. The molecular formula is C22H33N3O2. The van der Waals surface area contributed by atoms with Gasteiger partial charge in [-0.2, -0.15) is 0 Å². The summed E-state index contributed by atoms with van der Waals surface area (Å²) in [6, 6.07) is 8.74. The van der Waals surface area contributed by atoms with Gasteiger partial charge >= 0.3 is 6.03 Å². The van der Waals surface area contributed by atoms with Gasteiger partial charge in [-0.15, -0.1) is 0 Å². The van der Waals surface area contributed by atoms with Gasteiger partial charge in [0.05, 0.1) is 6.10 Å². The van der Waals surface area contributed by atoms with E-state index in [9.17, 15) is 9.90 Å². The van der Waals surface area contributed by atoms with E-state index in [-0.39, 0.29) is 18.2 Å². The molecule has 1 saturated carbocycles. The molecule has 1 aliphatic carbocycles. The van der Waals surface area contributed by atoms with Crippen molar-refractivity contribution in [2.45, 2.75) is 70.1 Å². The van der Waals surface area contributed by atoms with Crippen LogP contribution < -0.4 is 10.2 Å². The third-order valence-electron chi connectivity index (χ3n) is 6.63. The van der Waals surface area contributed by atoms with Crippen molar-refractivity contribution in [3.63, 3.8) is 0 Å². The number of rotatable bonds is 4. The lowest BCUT2D eigenvalue weighted by Crippen LogP contribution is -2.46. The van der Waals surface area contributed by atoms with Crippen LogP contribution in [-0.4, -0.2) is 47.8 Å². The average Bonchev–Trinajstić information content (AvgIpc) is 3.37. The Morgan fingerprint density at radius 2 is 1.74 bits per heavy atom. The molecule has 2 amide bonds. The minimum absolute atomic E-state index is 0.0225. The average molecular weight is 372 g/mol. The summed E-state index contributed by atoms with van der Waals surface area (Å²) in [5.41, 5.74) is 2.41. The number of β-amino-alcohol motifs (C(OH)–C–C–N with tert-alkyl or cyclic N) is 1. The Morgan fingerprint density at radius 1 is 1.04 bits per heavy atom. The SMILES string of the molecule is O=C(NCc1ccc(N2CCCC2)cc1)N1CC(O)CC1C1CCCCC1. The Bertz CT molecular complexity index is 621. The quantitative estimate of drug-likeness (QED) is 0.852. The largest absolute Gasteiger partial charge is 0.391 e. The van der Waals surface area contributed by atoms with Gasteiger partial charge in [-0.3, -0.25) is 0 Å². The number of carbonyl (C=O) groups is 1. The molecule has 5 heteroatoms. The third-order valence-corrected chi connectivity index (χ3v) is 6.63. The second-order valence-corrected chi connectivity index (χ2v) is 8.53. The molecule has 2 unspecified atom stereocenters. The molecule has 27 heavy (non-hydrogen) atoms. The molecule has 2 aliphatic heterocycles. The molecule has 3 fully saturated rings. The molecular weight excluding hydrogens is 338 g/mol. The smallest absolute Gasteiger partial charge is 0.318 e. The first kappa shape index (κ1) is 18.6. The highest BCUT2D eigenvalue weighted by atomic mass is 16.3. The number of aliphatic hydroxyl groups is 1. The van der Waals surface area contributed by atoms with Crippen LogP contribution in [0.3, 0.4) is 0 Å². The Hall–Kier alpha value is -1.75. The van der Waals surface area contributed by atoms with Gasteiger partial charge in [-0.25, -0.2) is 4.79 Å². The van der Waals surface area contributed by atoms with Crippen molar-refractivity contribution in [2.75, 3.05) is 24.5 Å². The molecule has 0 radical (unpaired) electrons. The zero-order valence-electron chi connectivity index (χ0n) is 16.3. The number of urea groups is 1. The highest BCUT2D eigenvalue weighted by molar-refractivity contribution is 5.75. The molecule has 2 heterocycles. The Labute approximate surface area is 162 Å². The maximum Gasteiger partial charge on any atom is 0.318 e. The van der Waals surface area contributed by atoms with Gasteiger partial charge in [0.25, 0.3) is 0 Å².